The number of benzene rings is 2. The molecule has 2 aliphatic rings. The van der Waals surface area contributed by atoms with Crippen LogP contribution in [0.25, 0.3) is 21.5 Å². The molecule has 1 saturated heterocycles. The fourth-order valence-corrected chi connectivity index (χ4v) is 4.98. The zero-order valence-electron chi connectivity index (χ0n) is 20.5. The molecule has 188 valence electrons. The second kappa shape index (κ2) is 9.95. The lowest BCUT2D eigenvalue weighted by atomic mass is 9.90. The van der Waals surface area contributed by atoms with E-state index in [4.69, 9.17) is 15.2 Å². The summed E-state index contributed by atoms with van der Waals surface area (Å²) in [4.78, 5) is 8.37. The average Bonchev–Trinajstić information content (AvgIpc) is 3.34. The van der Waals surface area contributed by atoms with Crippen LogP contribution in [0.15, 0.2) is 48.8 Å². The normalized spacial score (nSPS) is 17.3. The van der Waals surface area contributed by atoms with Gasteiger partial charge in [0.05, 0.1) is 13.2 Å². The van der Waals surface area contributed by atoms with E-state index in [0.717, 1.165) is 53.4 Å². The first-order chi connectivity index (χ1) is 17.3. The lowest BCUT2D eigenvalue weighted by molar-refractivity contribution is -0.177. The molecule has 2 fully saturated rings. The Balaban J connectivity index is 0.000000174. The molecule has 1 spiro atoms. The van der Waals surface area contributed by atoms with Gasteiger partial charge >= 0.3 is 0 Å². The summed E-state index contributed by atoms with van der Waals surface area (Å²) >= 11 is 0. The number of ether oxygens (including phenoxy) is 2. The Morgan fingerprint density at radius 1 is 0.833 bits per heavy atom. The smallest absolute Gasteiger partial charge is 0.168 e. The molecular weight excluding hydrogens is 462 g/mol. The first-order valence-corrected chi connectivity index (χ1v) is 12.2. The van der Waals surface area contributed by atoms with Crippen molar-refractivity contribution in [3.63, 3.8) is 0 Å². The predicted octanol–water partition coefficient (Wildman–Crippen LogP) is 6.04. The summed E-state index contributed by atoms with van der Waals surface area (Å²) in [5.41, 5.74) is 7.51. The summed E-state index contributed by atoms with van der Waals surface area (Å²) in [5.74, 6) is 0.271. The summed E-state index contributed by atoms with van der Waals surface area (Å²) < 4.78 is 38.8. The molecule has 0 amide bonds. The largest absolute Gasteiger partial charge is 0.384 e. The number of nitrogens with zero attached hydrogens (tertiary/aromatic N) is 2. The van der Waals surface area contributed by atoms with Crippen molar-refractivity contribution >= 4 is 33.2 Å². The maximum absolute atomic E-state index is 14.0. The van der Waals surface area contributed by atoms with E-state index in [2.05, 4.69) is 15.3 Å². The number of hydrogen-bond donors (Lipinski definition) is 2. The van der Waals surface area contributed by atoms with Crippen LogP contribution in [-0.4, -0.2) is 35.0 Å². The summed E-state index contributed by atoms with van der Waals surface area (Å²) in [6.07, 6.45) is 7.08. The minimum Gasteiger partial charge on any atom is -0.384 e. The van der Waals surface area contributed by atoms with Gasteiger partial charge in [-0.1, -0.05) is 12.1 Å². The molecule has 3 heterocycles. The number of aromatic nitrogens is 2. The summed E-state index contributed by atoms with van der Waals surface area (Å²) in [6, 6.07) is 10.2. The van der Waals surface area contributed by atoms with Crippen LogP contribution < -0.4 is 11.1 Å². The van der Waals surface area contributed by atoms with Crippen molar-refractivity contribution in [3.05, 3.63) is 71.6 Å². The Bertz CT molecular complexity index is 1400. The van der Waals surface area contributed by atoms with E-state index < -0.39 is 0 Å². The highest BCUT2D eigenvalue weighted by atomic mass is 19.1. The van der Waals surface area contributed by atoms with E-state index >= 15 is 0 Å². The minimum absolute atomic E-state index is 0.202. The summed E-state index contributed by atoms with van der Waals surface area (Å²) in [7, 11) is 0. The van der Waals surface area contributed by atoms with Crippen LogP contribution in [0.4, 0.5) is 20.4 Å². The van der Waals surface area contributed by atoms with Gasteiger partial charge in [-0.15, -0.1) is 0 Å². The van der Waals surface area contributed by atoms with Crippen molar-refractivity contribution in [1.82, 2.24) is 9.97 Å². The van der Waals surface area contributed by atoms with Gasteiger partial charge in [-0.3, -0.25) is 0 Å². The maximum atomic E-state index is 14.0. The molecule has 4 aromatic rings. The molecule has 6 nitrogen and oxygen atoms in total. The summed E-state index contributed by atoms with van der Waals surface area (Å²) in [6.45, 7) is 5.28. The fraction of sp³-hybridized carbons (Fsp3) is 0.357. The Morgan fingerprint density at radius 3 is 2.00 bits per heavy atom. The zero-order chi connectivity index (χ0) is 25.3. The lowest BCUT2D eigenvalue weighted by Crippen LogP contribution is -2.39. The predicted molar refractivity (Wildman–Crippen MR) is 138 cm³/mol. The molecule has 0 radical (unpaired) electrons. The van der Waals surface area contributed by atoms with Crippen molar-refractivity contribution in [2.45, 2.75) is 51.4 Å². The van der Waals surface area contributed by atoms with Gasteiger partial charge in [0.2, 0.25) is 0 Å². The molecule has 2 aromatic heterocycles. The first kappa shape index (κ1) is 24.3. The van der Waals surface area contributed by atoms with Crippen LogP contribution in [0.5, 0.6) is 0 Å². The maximum Gasteiger partial charge on any atom is 0.168 e. The molecule has 36 heavy (non-hydrogen) atoms. The number of fused-ring (bicyclic) bond motifs is 2. The average molecular weight is 493 g/mol. The van der Waals surface area contributed by atoms with Crippen molar-refractivity contribution < 1.29 is 18.3 Å². The van der Waals surface area contributed by atoms with Gasteiger partial charge in [-0.25, -0.2) is 18.7 Å². The van der Waals surface area contributed by atoms with E-state index in [-0.39, 0.29) is 17.4 Å². The Kier molecular flexibility index (Phi) is 6.73. The number of nitrogens with two attached hydrogens (primary N) is 1. The van der Waals surface area contributed by atoms with Crippen LogP contribution in [0.2, 0.25) is 0 Å². The van der Waals surface area contributed by atoms with Gasteiger partial charge in [0.25, 0.3) is 0 Å². The highest BCUT2D eigenvalue weighted by Gasteiger charge is 2.40. The number of pyridine rings is 2. The topological polar surface area (TPSA) is 82.3 Å². The zero-order valence-corrected chi connectivity index (χ0v) is 20.5. The highest BCUT2D eigenvalue weighted by molar-refractivity contribution is 5.88. The number of anilines is 2. The second-order valence-corrected chi connectivity index (χ2v) is 9.52. The molecule has 6 rings (SSSR count). The summed E-state index contributed by atoms with van der Waals surface area (Å²) in [5, 5.41) is 6.27. The number of halogens is 2. The van der Waals surface area contributed by atoms with Crippen LogP contribution in [0.3, 0.4) is 0 Å². The molecule has 1 aliphatic carbocycles. The third-order valence-corrected chi connectivity index (χ3v) is 7.07. The monoisotopic (exact) mass is 492 g/mol. The molecular formula is C28H30F2N4O2. The molecule has 1 saturated carbocycles. The number of rotatable bonds is 2. The number of aryl methyl sites for hydroxylation is 2. The third kappa shape index (κ3) is 4.96. The van der Waals surface area contributed by atoms with E-state index in [0.29, 0.717) is 35.8 Å². The molecule has 0 bridgehead atoms. The van der Waals surface area contributed by atoms with Gasteiger partial charge in [-0.2, -0.15) is 0 Å². The standard InChI is InChI=1S/C18H21FN2O2.C10H9FN2/c1-12-2-3-16(19)14-10-17(20-11-15(12)14)21-13-4-6-18(7-5-13)22-8-9-23-18;1-6-2-3-9(11)7-4-10(12)13-5-8(6)7/h2-3,10-11,13H,4-9H2,1H3,(H,20,21);2-5H,1H3,(H2,12,13). The number of nitrogens with one attached hydrogen (secondary N) is 1. The molecule has 0 unspecified atom stereocenters. The Labute approximate surface area is 208 Å². The van der Waals surface area contributed by atoms with Crippen molar-refractivity contribution in [2.75, 3.05) is 24.3 Å². The quantitative estimate of drug-likeness (QED) is 0.355. The minimum atomic E-state index is -0.349. The van der Waals surface area contributed by atoms with E-state index in [1.54, 1.807) is 30.6 Å². The molecule has 8 heteroatoms. The van der Waals surface area contributed by atoms with Crippen molar-refractivity contribution in [3.8, 4) is 0 Å². The molecule has 1 aliphatic heterocycles. The first-order valence-electron chi connectivity index (χ1n) is 12.2. The van der Waals surface area contributed by atoms with E-state index in [1.807, 2.05) is 19.9 Å². The van der Waals surface area contributed by atoms with Crippen LogP contribution in [0.1, 0.15) is 36.8 Å². The van der Waals surface area contributed by atoms with E-state index in [9.17, 15) is 8.78 Å². The van der Waals surface area contributed by atoms with Crippen LogP contribution in [-0.2, 0) is 9.47 Å². The van der Waals surface area contributed by atoms with Crippen molar-refractivity contribution in [2.24, 2.45) is 0 Å². The Hall–Kier alpha value is -3.36. The number of hydrogen-bond acceptors (Lipinski definition) is 6. The molecule has 2 aromatic carbocycles. The van der Waals surface area contributed by atoms with Crippen molar-refractivity contribution in [1.29, 1.82) is 0 Å². The SMILES string of the molecule is Cc1ccc(F)c2cc(N)ncc12.Cc1ccc(F)c2cc(NC3CCC4(CC3)OCCO4)ncc12. The Morgan fingerprint density at radius 2 is 1.39 bits per heavy atom. The van der Waals surface area contributed by atoms with Gasteiger partial charge in [0.15, 0.2) is 5.79 Å². The van der Waals surface area contributed by atoms with Gasteiger partial charge in [-0.05, 0) is 62.1 Å². The molecule has 3 N–H and O–H groups in total. The third-order valence-electron chi connectivity index (χ3n) is 7.07. The highest BCUT2D eigenvalue weighted by Crippen LogP contribution is 2.36. The fourth-order valence-electron chi connectivity index (χ4n) is 4.98. The van der Waals surface area contributed by atoms with Crippen LogP contribution >= 0.6 is 0 Å². The van der Waals surface area contributed by atoms with Crippen LogP contribution in [0, 0.1) is 25.5 Å². The second-order valence-electron chi connectivity index (χ2n) is 9.52. The van der Waals surface area contributed by atoms with Gasteiger partial charge in [0.1, 0.15) is 23.3 Å². The van der Waals surface area contributed by atoms with Gasteiger partial charge in [0, 0.05) is 52.8 Å². The molecule has 0 atom stereocenters. The van der Waals surface area contributed by atoms with Gasteiger partial charge < -0.3 is 20.5 Å². The lowest BCUT2D eigenvalue weighted by Gasteiger charge is -2.35. The number of nitrogen functional groups attached to an aromatic ring is 1. The van der Waals surface area contributed by atoms with E-state index in [1.165, 1.54) is 12.1 Å².